The van der Waals surface area contributed by atoms with E-state index in [9.17, 15) is 0 Å². The predicted octanol–water partition coefficient (Wildman–Crippen LogP) is 6.50. The molecular formula is C16H15BrCl3N. The number of nitrogens with one attached hydrogen (secondary N) is 1. The molecule has 0 saturated heterocycles. The summed E-state index contributed by atoms with van der Waals surface area (Å²) in [6.07, 6.45) is 1.04. The van der Waals surface area contributed by atoms with Crippen LogP contribution in [0.2, 0.25) is 15.1 Å². The van der Waals surface area contributed by atoms with Gasteiger partial charge in [-0.25, -0.2) is 0 Å². The van der Waals surface area contributed by atoms with Crippen molar-refractivity contribution in [3.63, 3.8) is 0 Å². The normalized spacial score (nSPS) is 12.4. The van der Waals surface area contributed by atoms with Crippen LogP contribution in [-0.4, -0.2) is 6.54 Å². The van der Waals surface area contributed by atoms with Crippen LogP contribution in [0.5, 0.6) is 0 Å². The average molecular weight is 408 g/mol. The van der Waals surface area contributed by atoms with Crippen LogP contribution in [0.4, 0.5) is 0 Å². The van der Waals surface area contributed by atoms with Crippen molar-refractivity contribution in [2.45, 2.75) is 19.4 Å². The maximum Gasteiger partial charge on any atom is 0.0595 e. The van der Waals surface area contributed by atoms with Crippen molar-refractivity contribution in [2.24, 2.45) is 0 Å². The highest BCUT2D eigenvalue weighted by Gasteiger charge is 2.17. The average Bonchev–Trinajstić information content (AvgIpc) is 2.44. The minimum atomic E-state index is 0.0337. The summed E-state index contributed by atoms with van der Waals surface area (Å²) in [5, 5.41) is 5.35. The monoisotopic (exact) mass is 405 g/mol. The fourth-order valence-electron chi connectivity index (χ4n) is 2.12. The number of hydrogen-bond donors (Lipinski definition) is 1. The molecule has 2 aromatic rings. The van der Waals surface area contributed by atoms with Gasteiger partial charge in [0.25, 0.3) is 0 Å². The summed E-state index contributed by atoms with van der Waals surface area (Å²) in [7, 11) is 0. The van der Waals surface area contributed by atoms with E-state index in [-0.39, 0.29) is 6.04 Å². The van der Waals surface area contributed by atoms with Crippen molar-refractivity contribution in [3.8, 4) is 0 Å². The van der Waals surface area contributed by atoms with Gasteiger partial charge in [0.15, 0.2) is 0 Å². The Morgan fingerprint density at radius 2 is 1.81 bits per heavy atom. The zero-order valence-electron chi connectivity index (χ0n) is 11.5. The minimum Gasteiger partial charge on any atom is -0.306 e. The first-order valence-electron chi connectivity index (χ1n) is 6.66. The fourth-order valence-corrected chi connectivity index (χ4v) is 3.34. The standard InChI is InChI=1S/C16H15BrCl3N/c1-2-7-21-16(10-3-6-14(19)15(20)8-10)12-5-4-11(18)9-13(12)17/h3-6,8-9,16,21H,2,7H2,1H3. The number of benzene rings is 2. The van der Waals surface area contributed by atoms with Crippen LogP contribution in [0.1, 0.15) is 30.5 Å². The summed E-state index contributed by atoms with van der Waals surface area (Å²) >= 11 is 21.8. The number of halogens is 4. The van der Waals surface area contributed by atoms with Gasteiger partial charge in [-0.15, -0.1) is 0 Å². The lowest BCUT2D eigenvalue weighted by atomic mass is 9.98. The summed E-state index contributed by atoms with van der Waals surface area (Å²) in [6.45, 7) is 3.04. The van der Waals surface area contributed by atoms with Crippen molar-refractivity contribution >= 4 is 50.7 Å². The van der Waals surface area contributed by atoms with Crippen LogP contribution < -0.4 is 5.32 Å². The Bertz CT molecular complexity index is 631. The Kier molecular flexibility index (Phi) is 6.39. The fraction of sp³-hybridized carbons (Fsp3) is 0.250. The van der Waals surface area contributed by atoms with Gasteiger partial charge in [0, 0.05) is 9.50 Å². The summed E-state index contributed by atoms with van der Waals surface area (Å²) in [4.78, 5) is 0. The molecule has 112 valence electrons. The molecule has 0 aliphatic heterocycles. The van der Waals surface area contributed by atoms with Crippen LogP contribution in [0.25, 0.3) is 0 Å². The first-order chi connectivity index (χ1) is 10.0. The van der Waals surface area contributed by atoms with Crippen molar-refractivity contribution in [2.75, 3.05) is 6.54 Å². The van der Waals surface area contributed by atoms with Gasteiger partial charge in [-0.3, -0.25) is 0 Å². The molecule has 0 spiro atoms. The molecule has 0 bridgehead atoms. The van der Waals surface area contributed by atoms with Crippen LogP contribution in [0.15, 0.2) is 40.9 Å². The van der Waals surface area contributed by atoms with Crippen LogP contribution in [0, 0.1) is 0 Å². The first kappa shape index (κ1) is 17.1. The third kappa shape index (κ3) is 4.37. The first-order valence-corrected chi connectivity index (χ1v) is 8.59. The molecule has 2 rings (SSSR count). The highest BCUT2D eigenvalue weighted by molar-refractivity contribution is 9.10. The molecule has 0 fully saturated rings. The lowest BCUT2D eigenvalue weighted by Crippen LogP contribution is -2.23. The zero-order valence-corrected chi connectivity index (χ0v) is 15.3. The lowest BCUT2D eigenvalue weighted by molar-refractivity contribution is 0.597. The Hall–Kier alpha value is -0.250. The highest BCUT2D eigenvalue weighted by atomic mass is 79.9. The van der Waals surface area contributed by atoms with E-state index in [1.54, 1.807) is 0 Å². The van der Waals surface area contributed by atoms with E-state index in [1.165, 1.54) is 0 Å². The second kappa shape index (κ2) is 7.85. The molecule has 5 heteroatoms. The molecule has 0 aliphatic carbocycles. The molecule has 0 saturated carbocycles. The third-order valence-electron chi connectivity index (χ3n) is 3.15. The molecule has 1 N–H and O–H groups in total. The molecule has 2 aromatic carbocycles. The van der Waals surface area contributed by atoms with E-state index in [1.807, 2.05) is 36.4 Å². The van der Waals surface area contributed by atoms with E-state index in [0.717, 1.165) is 28.6 Å². The van der Waals surface area contributed by atoms with Gasteiger partial charge in [0.1, 0.15) is 0 Å². The van der Waals surface area contributed by atoms with Crippen molar-refractivity contribution < 1.29 is 0 Å². The Labute approximate surface area is 148 Å². The number of hydrogen-bond acceptors (Lipinski definition) is 1. The Balaban J connectivity index is 2.44. The maximum absolute atomic E-state index is 6.15. The number of rotatable bonds is 5. The molecular weight excluding hydrogens is 392 g/mol. The van der Waals surface area contributed by atoms with E-state index < -0.39 is 0 Å². The second-order valence-corrected chi connectivity index (χ2v) is 6.83. The van der Waals surface area contributed by atoms with E-state index >= 15 is 0 Å². The Morgan fingerprint density at radius 3 is 2.43 bits per heavy atom. The van der Waals surface area contributed by atoms with Crippen molar-refractivity contribution in [1.29, 1.82) is 0 Å². The van der Waals surface area contributed by atoms with Crippen LogP contribution in [-0.2, 0) is 0 Å². The molecule has 1 nitrogen and oxygen atoms in total. The van der Waals surface area contributed by atoms with Crippen LogP contribution in [0.3, 0.4) is 0 Å². The van der Waals surface area contributed by atoms with E-state index in [2.05, 4.69) is 28.2 Å². The highest BCUT2D eigenvalue weighted by Crippen LogP contribution is 2.33. The van der Waals surface area contributed by atoms with Gasteiger partial charge in [0.05, 0.1) is 16.1 Å². The Morgan fingerprint density at radius 1 is 1.05 bits per heavy atom. The third-order valence-corrected chi connectivity index (χ3v) is 4.81. The van der Waals surface area contributed by atoms with Gasteiger partial charge in [-0.1, -0.05) is 69.8 Å². The van der Waals surface area contributed by atoms with Gasteiger partial charge >= 0.3 is 0 Å². The van der Waals surface area contributed by atoms with Gasteiger partial charge in [0.2, 0.25) is 0 Å². The topological polar surface area (TPSA) is 12.0 Å². The molecule has 0 amide bonds. The molecule has 0 aliphatic rings. The van der Waals surface area contributed by atoms with E-state index in [4.69, 9.17) is 34.8 Å². The molecule has 0 radical (unpaired) electrons. The molecule has 1 atom stereocenters. The second-order valence-electron chi connectivity index (χ2n) is 4.73. The van der Waals surface area contributed by atoms with Crippen LogP contribution >= 0.6 is 50.7 Å². The SMILES string of the molecule is CCCNC(c1ccc(Cl)c(Cl)c1)c1ccc(Cl)cc1Br. The molecule has 0 aromatic heterocycles. The summed E-state index contributed by atoms with van der Waals surface area (Å²) in [6, 6.07) is 11.5. The lowest BCUT2D eigenvalue weighted by Gasteiger charge is -2.21. The summed E-state index contributed by atoms with van der Waals surface area (Å²) < 4.78 is 0.967. The summed E-state index contributed by atoms with van der Waals surface area (Å²) in [5.41, 5.74) is 2.19. The zero-order chi connectivity index (χ0) is 15.4. The quantitative estimate of drug-likeness (QED) is 0.597. The molecule has 0 heterocycles. The van der Waals surface area contributed by atoms with Gasteiger partial charge in [-0.2, -0.15) is 0 Å². The largest absolute Gasteiger partial charge is 0.306 e. The predicted molar refractivity (Wildman–Crippen MR) is 95.8 cm³/mol. The van der Waals surface area contributed by atoms with Gasteiger partial charge < -0.3 is 5.32 Å². The van der Waals surface area contributed by atoms with Crippen molar-refractivity contribution in [3.05, 3.63) is 67.1 Å². The van der Waals surface area contributed by atoms with Gasteiger partial charge in [-0.05, 0) is 48.4 Å². The molecule has 21 heavy (non-hydrogen) atoms. The maximum atomic E-state index is 6.15. The molecule has 1 unspecified atom stereocenters. The minimum absolute atomic E-state index is 0.0337. The van der Waals surface area contributed by atoms with E-state index in [0.29, 0.717) is 15.1 Å². The van der Waals surface area contributed by atoms with Crippen molar-refractivity contribution in [1.82, 2.24) is 5.32 Å². The summed E-state index contributed by atoms with van der Waals surface area (Å²) in [5.74, 6) is 0. The smallest absolute Gasteiger partial charge is 0.0595 e.